The van der Waals surface area contributed by atoms with Crippen molar-refractivity contribution in [2.24, 2.45) is 7.05 Å². The van der Waals surface area contributed by atoms with Crippen LogP contribution in [-0.2, 0) is 18.3 Å². The van der Waals surface area contributed by atoms with Crippen molar-refractivity contribution >= 4 is 11.7 Å². The van der Waals surface area contributed by atoms with Gasteiger partial charge in [0.15, 0.2) is 11.5 Å². The van der Waals surface area contributed by atoms with E-state index >= 15 is 0 Å². The highest BCUT2D eigenvalue weighted by Gasteiger charge is 2.23. The maximum absolute atomic E-state index is 12.3. The van der Waals surface area contributed by atoms with Crippen molar-refractivity contribution in [3.05, 3.63) is 35.5 Å². The minimum atomic E-state index is -0.0629. The van der Waals surface area contributed by atoms with E-state index in [1.54, 1.807) is 4.68 Å². The van der Waals surface area contributed by atoms with Gasteiger partial charge in [-0.15, -0.1) is 0 Å². The van der Waals surface area contributed by atoms with E-state index in [-0.39, 0.29) is 12.7 Å². The summed E-state index contributed by atoms with van der Waals surface area (Å²) >= 11 is 0. The molecule has 6 heteroatoms. The van der Waals surface area contributed by atoms with Crippen molar-refractivity contribution in [3.63, 3.8) is 0 Å². The summed E-state index contributed by atoms with van der Waals surface area (Å²) in [4.78, 5) is 12.3. The molecule has 6 nitrogen and oxygen atoms in total. The van der Waals surface area contributed by atoms with Gasteiger partial charge < -0.3 is 14.8 Å². The molecule has 0 saturated heterocycles. The number of carbonyl (C=O) groups is 1. The highest BCUT2D eigenvalue weighted by Crippen LogP contribution is 2.36. The second-order valence-corrected chi connectivity index (χ2v) is 6.12. The molecule has 2 aromatic rings. The predicted octanol–water partition coefficient (Wildman–Crippen LogP) is 2.60. The summed E-state index contributed by atoms with van der Waals surface area (Å²) in [5.41, 5.74) is 1.98. The number of rotatable bonds is 4. The quantitative estimate of drug-likeness (QED) is 0.942. The monoisotopic (exact) mass is 313 g/mol. The van der Waals surface area contributed by atoms with Crippen LogP contribution in [0.5, 0.6) is 11.5 Å². The van der Waals surface area contributed by atoms with E-state index < -0.39 is 0 Å². The second kappa shape index (κ2) is 5.61. The molecule has 4 rings (SSSR count). The molecule has 1 aromatic heterocycles. The Morgan fingerprint density at radius 3 is 2.91 bits per heavy atom. The van der Waals surface area contributed by atoms with Gasteiger partial charge in [0, 0.05) is 19.0 Å². The van der Waals surface area contributed by atoms with E-state index in [0.717, 1.165) is 22.8 Å². The zero-order valence-corrected chi connectivity index (χ0v) is 13.0. The molecule has 0 spiro atoms. The van der Waals surface area contributed by atoms with Crippen molar-refractivity contribution in [2.45, 2.75) is 31.6 Å². The lowest BCUT2D eigenvalue weighted by atomic mass is 9.83. The Labute approximate surface area is 134 Å². The summed E-state index contributed by atoms with van der Waals surface area (Å²) in [6.45, 7) is 0.240. The molecule has 1 N–H and O–H groups in total. The van der Waals surface area contributed by atoms with E-state index in [2.05, 4.69) is 10.4 Å². The lowest BCUT2D eigenvalue weighted by Gasteiger charge is -2.22. The fourth-order valence-electron chi connectivity index (χ4n) is 2.93. The van der Waals surface area contributed by atoms with Crippen LogP contribution in [0, 0.1) is 0 Å². The van der Waals surface area contributed by atoms with Crippen LogP contribution in [0.4, 0.5) is 5.82 Å². The van der Waals surface area contributed by atoms with Crippen LogP contribution in [0.15, 0.2) is 24.3 Å². The van der Waals surface area contributed by atoms with Crippen LogP contribution in [0.1, 0.15) is 36.4 Å². The maximum Gasteiger partial charge on any atom is 0.231 e. The van der Waals surface area contributed by atoms with Gasteiger partial charge >= 0.3 is 0 Å². The molecular formula is C17H19N3O3. The van der Waals surface area contributed by atoms with Gasteiger partial charge in [0.1, 0.15) is 5.82 Å². The standard InChI is InChI=1S/C17H19N3O3/c1-20-16(9-13(19-20)12-3-2-4-12)18-17(21)8-11-5-6-14-15(7-11)23-10-22-14/h5-7,9,12H,2-4,8,10H2,1H3,(H,18,21). The number of hydrogen-bond donors (Lipinski definition) is 1. The average molecular weight is 313 g/mol. The number of amides is 1. The van der Waals surface area contributed by atoms with Crippen molar-refractivity contribution in [3.8, 4) is 11.5 Å². The molecule has 23 heavy (non-hydrogen) atoms. The van der Waals surface area contributed by atoms with Gasteiger partial charge in [-0.3, -0.25) is 9.48 Å². The Balaban J connectivity index is 1.42. The number of hydrogen-bond acceptors (Lipinski definition) is 4. The lowest BCUT2D eigenvalue weighted by molar-refractivity contribution is -0.115. The number of benzene rings is 1. The summed E-state index contributed by atoms with van der Waals surface area (Å²) in [7, 11) is 1.86. The molecule has 2 heterocycles. The molecule has 120 valence electrons. The van der Waals surface area contributed by atoms with E-state index in [4.69, 9.17) is 9.47 Å². The highest BCUT2D eigenvalue weighted by atomic mass is 16.7. The Kier molecular flexibility index (Phi) is 3.44. The van der Waals surface area contributed by atoms with Crippen LogP contribution in [-0.4, -0.2) is 22.5 Å². The first-order valence-corrected chi connectivity index (χ1v) is 7.91. The molecular weight excluding hydrogens is 294 g/mol. The maximum atomic E-state index is 12.3. The van der Waals surface area contributed by atoms with Crippen LogP contribution >= 0.6 is 0 Å². The first kappa shape index (κ1) is 14.1. The molecule has 0 unspecified atom stereocenters. The minimum absolute atomic E-state index is 0.0629. The van der Waals surface area contributed by atoms with Crippen molar-refractivity contribution in [2.75, 3.05) is 12.1 Å². The van der Waals surface area contributed by atoms with Gasteiger partial charge in [0.05, 0.1) is 12.1 Å². The number of nitrogens with one attached hydrogen (secondary N) is 1. The van der Waals surface area contributed by atoms with Crippen molar-refractivity contribution in [1.82, 2.24) is 9.78 Å². The molecule has 1 fully saturated rings. The smallest absolute Gasteiger partial charge is 0.231 e. The third kappa shape index (κ3) is 2.76. The summed E-state index contributed by atoms with van der Waals surface area (Å²) < 4.78 is 12.4. The topological polar surface area (TPSA) is 65.4 Å². The highest BCUT2D eigenvalue weighted by molar-refractivity contribution is 5.91. The van der Waals surface area contributed by atoms with Crippen LogP contribution in [0.25, 0.3) is 0 Å². The van der Waals surface area contributed by atoms with Crippen LogP contribution < -0.4 is 14.8 Å². The Morgan fingerprint density at radius 1 is 1.30 bits per heavy atom. The SMILES string of the molecule is Cn1nc(C2CCC2)cc1NC(=O)Cc1ccc2c(c1)OCO2. The Morgan fingerprint density at radius 2 is 2.13 bits per heavy atom. The zero-order chi connectivity index (χ0) is 15.8. The van der Waals surface area contributed by atoms with Gasteiger partial charge in [-0.1, -0.05) is 12.5 Å². The lowest BCUT2D eigenvalue weighted by Crippen LogP contribution is -2.16. The van der Waals surface area contributed by atoms with Gasteiger partial charge in [-0.25, -0.2) is 0 Å². The second-order valence-electron chi connectivity index (χ2n) is 6.12. The van der Waals surface area contributed by atoms with Gasteiger partial charge in [0.25, 0.3) is 0 Å². The van der Waals surface area contributed by atoms with Crippen LogP contribution in [0.3, 0.4) is 0 Å². The molecule has 1 aliphatic heterocycles. The van der Waals surface area contributed by atoms with Gasteiger partial charge in [-0.2, -0.15) is 5.10 Å². The third-order valence-electron chi connectivity index (χ3n) is 4.49. The number of aromatic nitrogens is 2. The number of ether oxygens (including phenoxy) is 2. The molecule has 2 aliphatic rings. The number of carbonyl (C=O) groups excluding carboxylic acids is 1. The predicted molar refractivity (Wildman–Crippen MR) is 84.7 cm³/mol. The number of aryl methyl sites for hydroxylation is 1. The van der Waals surface area contributed by atoms with Crippen LogP contribution in [0.2, 0.25) is 0 Å². The third-order valence-corrected chi connectivity index (χ3v) is 4.49. The van der Waals surface area contributed by atoms with Crippen molar-refractivity contribution < 1.29 is 14.3 Å². The molecule has 1 aromatic carbocycles. The fourth-order valence-corrected chi connectivity index (χ4v) is 2.93. The zero-order valence-electron chi connectivity index (χ0n) is 13.0. The molecule has 1 amide bonds. The summed E-state index contributed by atoms with van der Waals surface area (Å²) in [5.74, 6) is 2.67. The summed E-state index contributed by atoms with van der Waals surface area (Å²) in [6, 6.07) is 7.56. The molecule has 1 saturated carbocycles. The molecule has 1 aliphatic carbocycles. The summed E-state index contributed by atoms with van der Waals surface area (Å²) in [6.07, 6.45) is 3.96. The summed E-state index contributed by atoms with van der Waals surface area (Å²) in [5, 5.41) is 7.44. The average Bonchev–Trinajstić information content (AvgIpc) is 3.04. The first-order valence-electron chi connectivity index (χ1n) is 7.91. The van der Waals surface area contributed by atoms with Crippen molar-refractivity contribution in [1.29, 1.82) is 0 Å². The number of fused-ring (bicyclic) bond motifs is 1. The molecule has 0 radical (unpaired) electrons. The molecule has 0 bridgehead atoms. The van der Waals surface area contributed by atoms with E-state index in [1.165, 1.54) is 19.3 Å². The normalized spacial score (nSPS) is 16.2. The Hall–Kier alpha value is -2.50. The molecule has 0 atom stereocenters. The largest absolute Gasteiger partial charge is 0.454 e. The fraction of sp³-hybridized carbons (Fsp3) is 0.412. The van der Waals surface area contributed by atoms with Gasteiger partial charge in [-0.05, 0) is 30.5 Å². The van der Waals surface area contributed by atoms with E-state index in [9.17, 15) is 4.79 Å². The van der Waals surface area contributed by atoms with Gasteiger partial charge in [0.2, 0.25) is 12.7 Å². The van der Waals surface area contributed by atoms with E-state index in [1.807, 2.05) is 31.3 Å². The first-order chi connectivity index (χ1) is 11.2. The minimum Gasteiger partial charge on any atom is -0.454 e. The van der Waals surface area contributed by atoms with E-state index in [0.29, 0.717) is 18.1 Å². The Bertz CT molecular complexity index is 750. The number of nitrogens with zero attached hydrogens (tertiary/aromatic N) is 2. The number of anilines is 1.